The van der Waals surface area contributed by atoms with Crippen LogP contribution in [-0.2, 0) is 4.79 Å². The first-order valence-corrected chi connectivity index (χ1v) is 3.57. The van der Waals surface area contributed by atoms with Gasteiger partial charge in [-0.1, -0.05) is 0 Å². The Bertz CT molecular complexity index is 134. The van der Waals surface area contributed by atoms with Crippen LogP contribution in [0.15, 0.2) is 17.6 Å². The van der Waals surface area contributed by atoms with Gasteiger partial charge in [0.1, 0.15) is 0 Å². The lowest BCUT2D eigenvalue weighted by Crippen LogP contribution is -2.06. The molecule has 0 fully saturated rings. The van der Waals surface area contributed by atoms with Crippen molar-refractivity contribution in [1.29, 1.82) is 0 Å². The maximum absolute atomic E-state index is 9.43. The molecule has 0 unspecified atom stereocenters. The molecule has 0 saturated carbocycles. The van der Waals surface area contributed by atoms with Crippen molar-refractivity contribution in [1.82, 2.24) is 9.27 Å². The van der Waals surface area contributed by atoms with E-state index < -0.39 is 0 Å². The topological polar surface area (TPSA) is 33.2 Å². The molecule has 4 heteroatoms. The second kappa shape index (κ2) is 6.22. The minimum Gasteiger partial charge on any atom is -0.351 e. The van der Waals surface area contributed by atoms with Gasteiger partial charge in [0.2, 0.25) is 6.41 Å². The lowest BCUT2D eigenvalue weighted by Gasteiger charge is -1.93. The molecule has 1 aromatic heterocycles. The zero-order valence-electron chi connectivity index (χ0n) is 6.02. The van der Waals surface area contributed by atoms with Crippen molar-refractivity contribution in [3.05, 3.63) is 17.6 Å². The summed E-state index contributed by atoms with van der Waals surface area (Å²) in [7, 11) is 3.38. The number of carbonyl (C=O) groups is 1. The van der Waals surface area contributed by atoms with Gasteiger partial charge < -0.3 is 4.90 Å². The largest absolute Gasteiger partial charge is 0.351 e. The monoisotopic (exact) mass is 158 g/mol. The van der Waals surface area contributed by atoms with Crippen LogP contribution in [0.2, 0.25) is 0 Å². The maximum Gasteiger partial charge on any atom is 0.209 e. The van der Waals surface area contributed by atoms with E-state index in [1.165, 1.54) is 16.4 Å². The van der Waals surface area contributed by atoms with Crippen molar-refractivity contribution < 1.29 is 4.79 Å². The van der Waals surface area contributed by atoms with Gasteiger partial charge in [-0.2, -0.15) is 0 Å². The van der Waals surface area contributed by atoms with E-state index >= 15 is 0 Å². The van der Waals surface area contributed by atoms with Gasteiger partial charge in [-0.15, -0.1) is 0 Å². The zero-order valence-corrected chi connectivity index (χ0v) is 6.84. The summed E-state index contributed by atoms with van der Waals surface area (Å²) in [6.07, 6.45) is 2.52. The van der Waals surface area contributed by atoms with E-state index in [1.54, 1.807) is 20.3 Å². The average Bonchev–Trinajstić information content (AvgIpc) is 2.43. The van der Waals surface area contributed by atoms with Crippen LogP contribution in [0.1, 0.15) is 0 Å². The van der Waals surface area contributed by atoms with E-state index in [0.29, 0.717) is 0 Å². The number of aromatic nitrogens is 1. The smallest absolute Gasteiger partial charge is 0.209 e. The molecule has 1 amide bonds. The van der Waals surface area contributed by atoms with Crippen molar-refractivity contribution in [2.45, 2.75) is 0 Å². The molecule has 0 spiro atoms. The van der Waals surface area contributed by atoms with Crippen LogP contribution in [0, 0.1) is 0 Å². The summed E-state index contributed by atoms with van der Waals surface area (Å²) in [4.78, 5) is 10.9. The normalized spacial score (nSPS) is 7.40. The Morgan fingerprint density at radius 3 is 2.30 bits per heavy atom. The Morgan fingerprint density at radius 2 is 2.20 bits per heavy atom. The summed E-state index contributed by atoms with van der Waals surface area (Å²) in [5.41, 5.74) is 0. The Morgan fingerprint density at radius 1 is 1.60 bits per heavy atom. The molecule has 0 atom stereocenters. The molecule has 10 heavy (non-hydrogen) atoms. The molecule has 0 radical (unpaired) electrons. The number of rotatable bonds is 1. The van der Waals surface area contributed by atoms with E-state index in [-0.39, 0.29) is 0 Å². The molecular formula is C6H10N2OS. The third-order valence-electron chi connectivity index (χ3n) is 0.558. The number of amides is 1. The summed E-state index contributed by atoms with van der Waals surface area (Å²) < 4.78 is 3.76. The van der Waals surface area contributed by atoms with Gasteiger partial charge in [0.25, 0.3) is 0 Å². The molecule has 0 saturated heterocycles. The van der Waals surface area contributed by atoms with Crippen LogP contribution in [0.5, 0.6) is 0 Å². The van der Waals surface area contributed by atoms with Crippen molar-refractivity contribution >= 4 is 17.9 Å². The fourth-order valence-electron chi connectivity index (χ4n) is 0.176. The van der Waals surface area contributed by atoms with Gasteiger partial charge in [-0.3, -0.25) is 4.79 Å². The van der Waals surface area contributed by atoms with E-state index in [4.69, 9.17) is 0 Å². The lowest BCUT2D eigenvalue weighted by molar-refractivity contribution is -0.115. The Labute approximate surface area is 64.5 Å². The fourth-order valence-corrected chi connectivity index (χ4v) is 0.527. The first-order chi connectivity index (χ1) is 4.77. The van der Waals surface area contributed by atoms with Gasteiger partial charge in [0.15, 0.2) is 0 Å². The number of hydrogen-bond donors (Lipinski definition) is 0. The first-order valence-electron chi connectivity index (χ1n) is 2.73. The summed E-state index contributed by atoms with van der Waals surface area (Å²) in [5.74, 6) is 0. The minimum absolute atomic E-state index is 0.750. The summed E-state index contributed by atoms with van der Waals surface area (Å²) in [5, 5.41) is 1.93. The second-order valence-electron chi connectivity index (χ2n) is 1.76. The van der Waals surface area contributed by atoms with Crippen molar-refractivity contribution in [3.8, 4) is 0 Å². The molecule has 0 aliphatic rings. The highest BCUT2D eigenvalue weighted by molar-refractivity contribution is 7.03. The predicted molar refractivity (Wildman–Crippen MR) is 41.9 cm³/mol. The van der Waals surface area contributed by atoms with Crippen LogP contribution < -0.4 is 0 Å². The van der Waals surface area contributed by atoms with Gasteiger partial charge >= 0.3 is 0 Å². The molecule has 0 aliphatic carbocycles. The molecule has 56 valence electrons. The van der Waals surface area contributed by atoms with Gasteiger partial charge in [0, 0.05) is 25.7 Å². The molecule has 0 bridgehead atoms. The van der Waals surface area contributed by atoms with Crippen molar-refractivity contribution in [2.75, 3.05) is 14.1 Å². The molecule has 0 aromatic carbocycles. The highest BCUT2D eigenvalue weighted by Gasteiger charge is 1.68. The summed E-state index contributed by atoms with van der Waals surface area (Å²) in [6.45, 7) is 0. The first kappa shape index (κ1) is 9.10. The molecule has 1 rings (SSSR count). The number of carbonyl (C=O) groups excluding carboxylic acids is 1. The number of hydrogen-bond acceptors (Lipinski definition) is 3. The molecule has 0 N–H and O–H groups in total. The van der Waals surface area contributed by atoms with E-state index in [9.17, 15) is 4.79 Å². The summed E-state index contributed by atoms with van der Waals surface area (Å²) >= 11 is 1.46. The minimum atomic E-state index is 0.750. The molecule has 0 aliphatic heterocycles. The van der Waals surface area contributed by atoms with Gasteiger partial charge in [-0.25, -0.2) is 4.37 Å². The quantitative estimate of drug-likeness (QED) is 0.568. The molecule has 1 heterocycles. The fraction of sp³-hybridized carbons (Fsp3) is 0.333. The standard InChI is InChI=1S/C3H7NO.C3H3NS/c1-4(2)3-5;1-2-4-5-3-1/h3H,1-2H3;1-3H. The zero-order chi connectivity index (χ0) is 7.82. The third kappa shape index (κ3) is 7.10. The average molecular weight is 158 g/mol. The maximum atomic E-state index is 9.43. The highest BCUT2D eigenvalue weighted by Crippen LogP contribution is 1.83. The van der Waals surface area contributed by atoms with Gasteiger partial charge in [-0.05, 0) is 17.6 Å². The van der Waals surface area contributed by atoms with E-state index in [0.717, 1.165) is 6.41 Å². The van der Waals surface area contributed by atoms with E-state index in [2.05, 4.69) is 4.37 Å². The Hall–Kier alpha value is -0.900. The lowest BCUT2D eigenvalue weighted by atomic mass is 10.8. The van der Waals surface area contributed by atoms with Crippen LogP contribution in [0.25, 0.3) is 0 Å². The molecular weight excluding hydrogens is 148 g/mol. The second-order valence-corrected chi connectivity index (χ2v) is 2.45. The predicted octanol–water partition coefficient (Wildman–Crippen LogP) is 0.847. The molecule has 1 aromatic rings. The number of nitrogens with zero attached hydrogens (tertiary/aromatic N) is 2. The Kier molecular flexibility index (Phi) is 5.66. The van der Waals surface area contributed by atoms with Crippen molar-refractivity contribution in [3.63, 3.8) is 0 Å². The highest BCUT2D eigenvalue weighted by atomic mass is 32.1. The SMILES string of the molecule is CN(C)C=O.c1cnsc1. The molecule has 3 nitrogen and oxygen atoms in total. The van der Waals surface area contributed by atoms with E-state index in [1.807, 2.05) is 11.4 Å². The van der Waals surface area contributed by atoms with Crippen LogP contribution in [0.4, 0.5) is 0 Å². The van der Waals surface area contributed by atoms with Crippen LogP contribution >= 0.6 is 11.5 Å². The van der Waals surface area contributed by atoms with Crippen LogP contribution in [-0.4, -0.2) is 29.8 Å². The Balaban J connectivity index is 0.000000162. The third-order valence-corrected chi connectivity index (χ3v) is 1.08. The summed E-state index contributed by atoms with van der Waals surface area (Å²) in [6, 6.07) is 1.91. The van der Waals surface area contributed by atoms with Crippen molar-refractivity contribution in [2.24, 2.45) is 0 Å². The van der Waals surface area contributed by atoms with Gasteiger partial charge in [0.05, 0.1) is 0 Å². The van der Waals surface area contributed by atoms with Crippen LogP contribution in [0.3, 0.4) is 0 Å².